The van der Waals surface area contributed by atoms with Crippen molar-refractivity contribution in [1.29, 1.82) is 0 Å². The van der Waals surface area contributed by atoms with Crippen LogP contribution < -0.4 is 5.32 Å². The molecule has 0 aliphatic heterocycles. The van der Waals surface area contributed by atoms with Crippen LogP contribution in [-0.4, -0.2) is 21.5 Å². The average molecular weight is 265 g/mol. The number of amides is 1. The number of ketones is 1. The number of hydrogen-bond donors (Lipinski definition) is 1. The van der Waals surface area contributed by atoms with E-state index in [4.69, 9.17) is 0 Å². The smallest absolute Gasteiger partial charge is 0.232 e. The third kappa shape index (κ3) is 5.68. The number of nitrogens with zero attached hydrogens (tertiary/aromatic N) is 2. The first kappa shape index (κ1) is 15.4. The van der Waals surface area contributed by atoms with E-state index in [1.807, 2.05) is 6.92 Å². The molecule has 0 saturated heterocycles. The van der Waals surface area contributed by atoms with Gasteiger partial charge in [0, 0.05) is 19.0 Å². The van der Waals surface area contributed by atoms with Gasteiger partial charge in [0.15, 0.2) is 0 Å². The maximum absolute atomic E-state index is 11.7. The highest BCUT2D eigenvalue weighted by molar-refractivity contribution is 6.03. The maximum Gasteiger partial charge on any atom is 0.232 e. The molecule has 5 heteroatoms. The van der Waals surface area contributed by atoms with Crippen LogP contribution in [0.2, 0.25) is 0 Å². The first-order valence-electron chi connectivity index (χ1n) is 7.00. The zero-order chi connectivity index (χ0) is 14.1. The Hall–Kier alpha value is -1.65. The Balaban J connectivity index is 2.29. The molecule has 1 heterocycles. The minimum absolute atomic E-state index is 0.0103. The summed E-state index contributed by atoms with van der Waals surface area (Å²) in [6, 6.07) is 1.73. The zero-order valence-electron chi connectivity index (χ0n) is 11.8. The van der Waals surface area contributed by atoms with Gasteiger partial charge in [-0.25, -0.2) is 4.68 Å². The fourth-order valence-electron chi connectivity index (χ4n) is 1.89. The third-order valence-corrected chi connectivity index (χ3v) is 2.95. The van der Waals surface area contributed by atoms with Gasteiger partial charge >= 0.3 is 0 Å². The van der Waals surface area contributed by atoms with Crippen LogP contribution >= 0.6 is 0 Å². The van der Waals surface area contributed by atoms with Crippen molar-refractivity contribution in [2.24, 2.45) is 0 Å². The van der Waals surface area contributed by atoms with Crippen molar-refractivity contribution in [3.05, 3.63) is 12.3 Å². The maximum atomic E-state index is 11.7. The van der Waals surface area contributed by atoms with Gasteiger partial charge in [-0.3, -0.25) is 9.59 Å². The van der Waals surface area contributed by atoms with Gasteiger partial charge in [0.2, 0.25) is 5.91 Å². The Morgan fingerprint density at radius 1 is 1.26 bits per heavy atom. The van der Waals surface area contributed by atoms with Gasteiger partial charge in [-0.2, -0.15) is 5.10 Å². The van der Waals surface area contributed by atoms with E-state index in [2.05, 4.69) is 17.3 Å². The first-order valence-corrected chi connectivity index (χ1v) is 7.00. The fourth-order valence-corrected chi connectivity index (χ4v) is 1.89. The molecule has 5 nitrogen and oxygen atoms in total. The van der Waals surface area contributed by atoms with Crippen LogP contribution in [0.5, 0.6) is 0 Å². The number of nitrogens with one attached hydrogen (secondary N) is 1. The van der Waals surface area contributed by atoms with E-state index < -0.39 is 0 Å². The second-order valence-corrected chi connectivity index (χ2v) is 4.61. The molecular formula is C14H23N3O2. The molecule has 1 N–H and O–H groups in total. The van der Waals surface area contributed by atoms with Crippen LogP contribution in [0, 0.1) is 0 Å². The number of carbonyl (C=O) groups excluding carboxylic acids is 2. The van der Waals surface area contributed by atoms with Crippen molar-refractivity contribution in [1.82, 2.24) is 9.78 Å². The molecule has 19 heavy (non-hydrogen) atoms. The summed E-state index contributed by atoms with van der Waals surface area (Å²) in [7, 11) is 0. The van der Waals surface area contributed by atoms with Crippen LogP contribution in [0.4, 0.5) is 5.82 Å². The minimum Gasteiger partial charge on any atom is -0.311 e. The summed E-state index contributed by atoms with van der Waals surface area (Å²) >= 11 is 0. The van der Waals surface area contributed by atoms with Gasteiger partial charge in [-0.05, 0) is 13.3 Å². The summed E-state index contributed by atoms with van der Waals surface area (Å²) in [4.78, 5) is 23.3. The molecule has 0 aliphatic carbocycles. The number of rotatable bonds is 9. The Labute approximate surface area is 114 Å². The summed E-state index contributed by atoms with van der Waals surface area (Å²) in [6.07, 6.45) is 6.33. The normalized spacial score (nSPS) is 10.4. The Morgan fingerprint density at radius 3 is 2.74 bits per heavy atom. The Bertz CT molecular complexity index is 413. The molecule has 0 bridgehead atoms. The molecule has 0 spiro atoms. The van der Waals surface area contributed by atoms with E-state index in [9.17, 15) is 9.59 Å². The lowest BCUT2D eigenvalue weighted by molar-refractivity contribution is -0.125. The molecule has 0 saturated carbocycles. The van der Waals surface area contributed by atoms with E-state index in [1.54, 1.807) is 16.9 Å². The molecule has 0 aliphatic rings. The largest absolute Gasteiger partial charge is 0.311 e. The van der Waals surface area contributed by atoms with Crippen molar-refractivity contribution < 1.29 is 9.59 Å². The summed E-state index contributed by atoms with van der Waals surface area (Å²) in [6.45, 7) is 4.77. The molecule has 1 rings (SSSR count). The first-order chi connectivity index (χ1) is 9.17. The lowest BCUT2D eigenvalue weighted by Gasteiger charge is -2.06. The molecule has 1 aromatic heterocycles. The number of unbranched alkanes of at least 4 members (excludes halogenated alkanes) is 3. The summed E-state index contributed by atoms with van der Waals surface area (Å²) in [5.74, 6) is 0.401. The highest BCUT2D eigenvalue weighted by Crippen LogP contribution is 2.08. The number of aromatic nitrogens is 2. The zero-order valence-corrected chi connectivity index (χ0v) is 11.8. The van der Waals surface area contributed by atoms with Crippen molar-refractivity contribution in [3.63, 3.8) is 0 Å². The van der Waals surface area contributed by atoms with Crippen molar-refractivity contribution in [2.45, 2.75) is 58.9 Å². The van der Waals surface area contributed by atoms with Gasteiger partial charge in [0.05, 0.1) is 12.6 Å². The molecule has 1 amide bonds. The van der Waals surface area contributed by atoms with Crippen LogP contribution in [0.3, 0.4) is 0 Å². The fraction of sp³-hybridized carbons (Fsp3) is 0.643. The molecule has 1 aromatic rings. The molecule has 0 aromatic carbocycles. The number of aryl methyl sites for hydroxylation is 1. The lowest BCUT2D eigenvalue weighted by Crippen LogP contribution is -2.18. The van der Waals surface area contributed by atoms with Crippen LogP contribution in [-0.2, 0) is 16.1 Å². The second-order valence-electron chi connectivity index (χ2n) is 4.61. The van der Waals surface area contributed by atoms with E-state index in [-0.39, 0.29) is 18.1 Å². The van der Waals surface area contributed by atoms with Gasteiger partial charge in [-0.15, -0.1) is 0 Å². The van der Waals surface area contributed by atoms with Gasteiger partial charge in [0.25, 0.3) is 0 Å². The lowest BCUT2D eigenvalue weighted by atomic mass is 10.1. The predicted octanol–water partition coefficient (Wildman–Crippen LogP) is 2.77. The number of hydrogen-bond acceptors (Lipinski definition) is 3. The monoisotopic (exact) mass is 265 g/mol. The van der Waals surface area contributed by atoms with Crippen LogP contribution in [0.15, 0.2) is 12.3 Å². The molecule has 0 fully saturated rings. The highest BCUT2D eigenvalue weighted by Gasteiger charge is 2.11. The molecule has 106 valence electrons. The van der Waals surface area contributed by atoms with E-state index in [1.165, 1.54) is 0 Å². The van der Waals surface area contributed by atoms with E-state index >= 15 is 0 Å². The topological polar surface area (TPSA) is 64.0 Å². The van der Waals surface area contributed by atoms with Crippen molar-refractivity contribution in [2.75, 3.05) is 5.32 Å². The van der Waals surface area contributed by atoms with Crippen molar-refractivity contribution in [3.8, 4) is 0 Å². The quantitative estimate of drug-likeness (QED) is 0.551. The standard InChI is InChI=1S/C14H23N3O2/c1-3-5-6-7-8-12(18)11-14(19)16-13-9-10-15-17(13)4-2/h9-10H,3-8,11H2,1-2H3,(H,16,19). The minimum atomic E-state index is -0.254. The average Bonchev–Trinajstić information content (AvgIpc) is 2.81. The van der Waals surface area contributed by atoms with Gasteiger partial charge < -0.3 is 5.32 Å². The summed E-state index contributed by atoms with van der Waals surface area (Å²) < 4.78 is 1.68. The van der Waals surface area contributed by atoms with Crippen LogP contribution in [0.25, 0.3) is 0 Å². The van der Waals surface area contributed by atoms with E-state index in [0.29, 0.717) is 18.8 Å². The second kappa shape index (κ2) is 8.45. The van der Waals surface area contributed by atoms with Crippen LogP contribution in [0.1, 0.15) is 52.4 Å². The summed E-state index contributed by atoms with van der Waals surface area (Å²) in [5.41, 5.74) is 0. The molecule has 0 unspecified atom stereocenters. The molecule has 0 atom stereocenters. The van der Waals surface area contributed by atoms with Gasteiger partial charge in [0.1, 0.15) is 11.6 Å². The number of anilines is 1. The highest BCUT2D eigenvalue weighted by atomic mass is 16.2. The summed E-state index contributed by atoms with van der Waals surface area (Å²) in [5, 5.41) is 6.77. The number of carbonyl (C=O) groups is 2. The van der Waals surface area contributed by atoms with E-state index in [0.717, 1.165) is 25.7 Å². The number of Topliss-reactive ketones (excluding diaryl/α,β-unsaturated/α-hetero) is 1. The predicted molar refractivity (Wildman–Crippen MR) is 74.9 cm³/mol. The Morgan fingerprint density at radius 2 is 2.05 bits per heavy atom. The Kier molecular flexibility index (Phi) is 6.85. The van der Waals surface area contributed by atoms with Crippen molar-refractivity contribution >= 4 is 17.5 Å². The van der Waals surface area contributed by atoms with Gasteiger partial charge in [-0.1, -0.05) is 26.2 Å². The molecular weight excluding hydrogens is 242 g/mol. The SMILES string of the molecule is CCCCCCC(=O)CC(=O)Nc1ccnn1CC. The third-order valence-electron chi connectivity index (χ3n) is 2.95. The molecule has 0 radical (unpaired) electrons.